The van der Waals surface area contributed by atoms with E-state index < -0.39 is 0 Å². The Hall–Kier alpha value is -3.55. The predicted octanol–water partition coefficient (Wildman–Crippen LogP) is 3.85. The molecule has 0 unspecified atom stereocenters. The van der Waals surface area contributed by atoms with Gasteiger partial charge in [-0.1, -0.05) is 11.2 Å². The van der Waals surface area contributed by atoms with Gasteiger partial charge in [-0.25, -0.2) is 4.39 Å². The summed E-state index contributed by atoms with van der Waals surface area (Å²) < 4.78 is 18.5. The van der Waals surface area contributed by atoms with Crippen LogP contribution in [0.5, 0.6) is 0 Å². The zero-order valence-electron chi connectivity index (χ0n) is 16.5. The summed E-state index contributed by atoms with van der Waals surface area (Å²) in [6.45, 7) is 2.57. The van der Waals surface area contributed by atoms with E-state index >= 15 is 0 Å². The summed E-state index contributed by atoms with van der Waals surface area (Å²) >= 11 is 0. The van der Waals surface area contributed by atoms with Crippen molar-refractivity contribution in [3.8, 4) is 11.4 Å². The number of piperidine rings is 1. The zero-order valence-corrected chi connectivity index (χ0v) is 16.5. The molecule has 30 heavy (non-hydrogen) atoms. The maximum Gasteiger partial charge on any atom is 0.253 e. The normalized spacial score (nSPS) is 14.5. The molecule has 0 atom stereocenters. The summed E-state index contributed by atoms with van der Waals surface area (Å²) in [7, 11) is 0. The van der Waals surface area contributed by atoms with Gasteiger partial charge in [-0.05, 0) is 55.3 Å². The molecule has 8 heteroatoms. The van der Waals surface area contributed by atoms with Crippen LogP contribution in [0.1, 0.15) is 41.9 Å². The molecule has 1 aromatic heterocycles. The number of hydrogen-bond donors (Lipinski definition) is 1. The molecule has 1 N–H and O–H groups in total. The largest absolute Gasteiger partial charge is 0.339 e. The number of rotatable bonds is 4. The SMILES string of the molecule is CC(=O)Nc1cccc(C(=O)N2CCC(c3nc(-c4ccc(F)cc4)no3)CC2)c1. The molecular weight excluding hydrogens is 387 g/mol. The van der Waals surface area contributed by atoms with E-state index in [1.165, 1.54) is 19.1 Å². The second-order valence-corrected chi connectivity index (χ2v) is 7.29. The highest BCUT2D eigenvalue weighted by atomic mass is 19.1. The number of benzene rings is 2. The van der Waals surface area contributed by atoms with Crippen LogP contribution in [0.4, 0.5) is 10.1 Å². The molecule has 0 bridgehead atoms. The molecule has 2 aromatic carbocycles. The van der Waals surface area contributed by atoms with Crippen LogP contribution in [-0.2, 0) is 4.79 Å². The number of anilines is 1. The molecule has 4 rings (SSSR count). The first-order valence-corrected chi connectivity index (χ1v) is 9.76. The second kappa shape index (κ2) is 8.44. The van der Waals surface area contributed by atoms with Gasteiger partial charge in [-0.15, -0.1) is 0 Å². The first-order chi connectivity index (χ1) is 14.5. The first kappa shape index (κ1) is 19.8. The van der Waals surface area contributed by atoms with Gasteiger partial charge >= 0.3 is 0 Å². The minimum atomic E-state index is -0.317. The fourth-order valence-electron chi connectivity index (χ4n) is 3.56. The lowest BCUT2D eigenvalue weighted by atomic mass is 9.96. The maximum atomic E-state index is 13.1. The van der Waals surface area contributed by atoms with Gasteiger partial charge in [0.25, 0.3) is 5.91 Å². The Morgan fingerprint density at radius 3 is 2.57 bits per heavy atom. The number of likely N-dealkylation sites (tertiary alicyclic amines) is 1. The predicted molar refractivity (Wildman–Crippen MR) is 108 cm³/mol. The molecule has 1 aliphatic heterocycles. The van der Waals surface area contributed by atoms with Crippen LogP contribution in [0.25, 0.3) is 11.4 Å². The summed E-state index contributed by atoms with van der Waals surface area (Å²) in [6, 6.07) is 12.9. The van der Waals surface area contributed by atoms with Crippen LogP contribution < -0.4 is 5.32 Å². The van der Waals surface area contributed by atoms with Crippen molar-refractivity contribution < 1.29 is 18.5 Å². The van der Waals surface area contributed by atoms with E-state index in [-0.39, 0.29) is 23.5 Å². The number of amides is 2. The molecule has 154 valence electrons. The van der Waals surface area contributed by atoms with Crippen molar-refractivity contribution in [2.75, 3.05) is 18.4 Å². The molecule has 0 radical (unpaired) electrons. The molecule has 0 spiro atoms. The Bertz CT molecular complexity index is 1060. The van der Waals surface area contributed by atoms with Crippen LogP contribution in [-0.4, -0.2) is 39.9 Å². The highest BCUT2D eigenvalue weighted by molar-refractivity contribution is 5.96. The minimum absolute atomic E-state index is 0.0708. The molecule has 7 nitrogen and oxygen atoms in total. The molecule has 1 aliphatic rings. The van der Waals surface area contributed by atoms with Crippen LogP contribution in [0.15, 0.2) is 53.1 Å². The summed E-state index contributed by atoms with van der Waals surface area (Å²) in [5.74, 6) is 0.467. The second-order valence-electron chi connectivity index (χ2n) is 7.29. The lowest BCUT2D eigenvalue weighted by Crippen LogP contribution is -2.38. The van der Waals surface area contributed by atoms with Gasteiger partial charge in [0.15, 0.2) is 0 Å². The lowest BCUT2D eigenvalue weighted by molar-refractivity contribution is -0.114. The summed E-state index contributed by atoms with van der Waals surface area (Å²) in [6.07, 6.45) is 1.42. The number of carbonyl (C=O) groups is 2. The van der Waals surface area contributed by atoms with Gasteiger partial charge in [0.2, 0.25) is 17.6 Å². The number of halogens is 1. The highest BCUT2D eigenvalue weighted by Gasteiger charge is 2.28. The molecular formula is C22H21FN4O3. The topological polar surface area (TPSA) is 88.3 Å². The number of carbonyl (C=O) groups excluding carboxylic acids is 2. The maximum absolute atomic E-state index is 13.1. The van der Waals surface area contributed by atoms with E-state index in [0.29, 0.717) is 54.5 Å². The van der Waals surface area contributed by atoms with Gasteiger partial charge in [0, 0.05) is 42.7 Å². The zero-order chi connectivity index (χ0) is 21.1. The van der Waals surface area contributed by atoms with E-state index in [4.69, 9.17) is 4.52 Å². The average Bonchev–Trinajstić information content (AvgIpc) is 3.24. The van der Waals surface area contributed by atoms with E-state index in [9.17, 15) is 14.0 Å². The van der Waals surface area contributed by atoms with Crippen molar-refractivity contribution in [1.29, 1.82) is 0 Å². The van der Waals surface area contributed by atoms with Crippen molar-refractivity contribution in [2.45, 2.75) is 25.7 Å². The van der Waals surface area contributed by atoms with Gasteiger partial charge in [-0.3, -0.25) is 9.59 Å². The molecule has 2 heterocycles. The van der Waals surface area contributed by atoms with Gasteiger partial charge < -0.3 is 14.7 Å². The first-order valence-electron chi connectivity index (χ1n) is 9.76. The average molecular weight is 408 g/mol. The van der Waals surface area contributed by atoms with Gasteiger partial charge in [0.1, 0.15) is 5.82 Å². The van der Waals surface area contributed by atoms with E-state index in [1.54, 1.807) is 41.3 Å². The van der Waals surface area contributed by atoms with Crippen molar-refractivity contribution >= 4 is 17.5 Å². The standard InChI is InChI=1S/C22H21FN4O3/c1-14(28)24-19-4-2-3-17(13-19)22(29)27-11-9-16(10-12-27)21-25-20(26-30-21)15-5-7-18(23)8-6-15/h2-8,13,16H,9-12H2,1H3,(H,24,28). The minimum Gasteiger partial charge on any atom is -0.339 e. The van der Waals surface area contributed by atoms with E-state index in [1.807, 2.05) is 0 Å². The van der Waals surface area contributed by atoms with E-state index in [0.717, 1.165) is 0 Å². The molecule has 1 fully saturated rings. The van der Waals surface area contributed by atoms with Crippen LogP contribution in [0, 0.1) is 5.82 Å². The number of nitrogens with one attached hydrogen (secondary N) is 1. The Kier molecular flexibility index (Phi) is 5.56. The fourth-order valence-corrected chi connectivity index (χ4v) is 3.56. The Labute approximate surface area is 172 Å². The molecule has 0 saturated carbocycles. The molecule has 3 aromatic rings. The van der Waals surface area contributed by atoms with Gasteiger partial charge in [-0.2, -0.15) is 4.98 Å². The molecule has 0 aliphatic carbocycles. The monoisotopic (exact) mass is 408 g/mol. The number of nitrogens with zero attached hydrogens (tertiary/aromatic N) is 3. The highest BCUT2D eigenvalue weighted by Crippen LogP contribution is 2.29. The summed E-state index contributed by atoms with van der Waals surface area (Å²) in [5, 5.41) is 6.70. The Morgan fingerprint density at radius 1 is 1.13 bits per heavy atom. The Balaban J connectivity index is 1.39. The van der Waals surface area contributed by atoms with Crippen LogP contribution >= 0.6 is 0 Å². The van der Waals surface area contributed by atoms with Crippen molar-refractivity contribution in [2.24, 2.45) is 0 Å². The van der Waals surface area contributed by atoms with Crippen molar-refractivity contribution in [1.82, 2.24) is 15.0 Å². The number of hydrogen-bond acceptors (Lipinski definition) is 5. The third kappa shape index (κ3) is 4.37. The quantitative estimate of drug-likeness (QED) is 0.708. The van der Waals surface area contributed by atoms with E-state index in [2.05, 4.69) is 15.5 Å². The summed E-state index contributed by atoms with van der Waals surface area (Å²) in [5.41, 5.74) is 1.83. The van der Waals surface area contributed by atoms with Crippen molar-refractivity contribution in [3.63, 3.8) is 0 Å². The number of aromatic nitrogens is 2. The van der Waals surface area contributed by atoms with Crippen LogP contribution in [0.2, 0.25) is 0 Å². The fraction of sp³-hybridized carbons (Fsp3) is 0.273. The third-order valence-corrected chi connectivity index (χ3v) is 5.11. The molecule has 1 saturated heterocycles. The summed E-state index contributed by atoms with van der Waals surface area (Å²) in [4.78, 5) is 30.3. The molecule has 2 amide bonds. The third-order valence-electron chi connectivity index (χ3n) is 5.11. The lowest BCUT2D eigenvalue weighted by Gasteiger charge is -2.30. The Morgan fingerprint density at radius 2 is 1.87 bits per heavy atom. The van der Waals surface area contributed by atoms with Crippen LogP contribution in [0.3, 0.4) is 0 Å². The van der Waals surface area contributed by atoms with Crippen molar-refractivity contribution in [3.05, 3.63) is 65.8 Å². The smallest absolute Gasteiger partial charge is 0.253 e. The van der Waals surface area contributed by atoms with Gasteiger partial charge in [0.05, 0.1) is 0 Å².